The van der Waals surface area contributed by atoms with Crippen LogP contribution in [0.1, 0.15) is 29.6 Å². The summed E-state index contributed by atoms with van der Waals surface area (Å²) in [5, 5.41) is 6.28. The molecule has 11 heteroatoms. The zero-order valence-electron chi connectivity index (χ0n) is 19.1. The maximum absolute atomic E-state index is 14.4. The number of amides is 2. The molecule has 1 aliphatic rings. The van der Waals surface area contributed by atoms with Gasteiger partial charge in [0.15, 0.2) is 17.4 Å². The van der Waals surface area contributed by atoms with Gasteiger partial charge in [-0.2, -0.15) is 0 Å². The number of carbonyl (C=O) groups is 2. The van der Waals surface area contributed by atoms with Gasteiger partial charge in [0, 0.05) is 43.5 Å². The Morgan fingerprint density at radius 2 is 2.14 bits per heavy atom. The highest BCUT2D eigenvalue weighted by Crippen LogP contribution is 2.30. The molecule has 0 bridgehead atoms. The number of hydrogen-bond acceptors (Lipinski definition) is 7. The van der Waals surface area contributed by atoms with Gasteiger partial charge in [0.2, 0.25) is 5.91 Å². The average Bonchev–Trinajstić information content (AvgIpc) is 3.28. The van der Waals surface area contributed by atoms with Gasteiger partial charge in [0.1, 0.15) is 5.82 Å². The number of rotatable bonds is 9. The van der Waals surface area contributed by atoms with Gasteiger partial charge in [-0.25, -0.2) is 14.4 Å². The Bertz CT molecular complexity index is 1240. The van der Waals surface area contributed by atoms with Crippen molar-refractivity contribution in [1.82, 2.24) is 25.2 Å². The summed E-state index contributed by atoms with van der Waals surface area (Å²) < 4.78 is 19.7. The van der Waals surface area contributed by atoms with E-state index in [2.05, 4.69) is 25.6 Å². The zero-order chi connectivity index (χ0) is 24.8. The fourth-order valence-corrected chi connectivity index (χ4v) is 3.90. The summed E-state index contributed by atoms with van der Waals surface area (Å²) in [4.78, 5) is 39.0. The first-order chi connectivity index (χ1) is 17.0. The summed E-state index contributed by atoms with van der Waals surface area (Å²) in [5.41, 5.74) is 0.856. The highest BCUT2D eigenvalue weighted by molar-refractivity contribution is 6.30. The van der Waals surface area contributed by atoms with Crippen molar-refractivity contribution in [3.63, 3.8) is 0 Å². The largest absolute Gasteiger partial charge is 0.491 e. The van der Waals surface area contributed by atoms with Crippen molar-refractivity contribution in [3.8, 4) is 17.1 Å². The van der Waals surface area contributed by atoms with Gasteiger partial charge in [-0.1, -0.05) is 11.6 Å². The van der Waals surface area contributed by atoms with Crippen molar-refractivity contribution in [3.05, 3.63) is 59.3 Å². The maximum atomic E-state index is 14.4. The number of nitrogens with one attached hydrogen (secondary N) is 2. The van der Waals surface area contributed by atoms with Gasteiger partial charge in [-0.05, 0) is 37.1 Å². The second kappa shape index (κ2) is 11.1. The first kappa shape index (κ1) is 24.3. The molecule has 35 heavy (non-hydrogen) atoms. The number of ether oxygens (including phenoxy) is 1. The molecular formula is C24H24ClFN6O3. The minimum Gasteiger partial charge on any atom is -0.491 e. The van der Waals surface area contributed by atoms with Gasteiger partial charge >= 0.3 is 0 Å². The maximum Gasteiger partial charge on any atom is 0.254 e. The second-order valence-electron chi connectivity index (χ2n) is 7.87. The van der Waals surface area contributed by atoms with E-state index in [0.29, 0.717) is 48.0 Å². The molecule has 3 aromatic rings. The zero-order valence-corrected chi connectivity index (χ0v) is 19.8. The molecule has 2 amide bonds. The summed E-state index contributed by atoms with van der Waals surface area (Å²) in [6.45, 7) is 1.79. The first-order valence-electron chi connectivity index (χ1n) is 11.1. The van der Waals surface area contributed by atoms with Gasteiger partial charge in [0.05, 0.1) is 30.1 Å². The van der Waals surface area contributed by atoms with E-state index in [4.69, 9.17) is 16.3 Å². The summed E-state index contributed by atoms with van der Waals surface area (Å²) >= 11 is 6.01. The molecule has 1 aromatic carbocycles. The highest BCUT2D eigenvalue weighted by atomic mass is 35.5. The topological polar surface area (TPSA) is 109 Å². The lowest BCUT2D eigenvalue weighted by molar-refractivity contribution is -0.127. The number of halogens is 2. The summed E-state index contributed by atoms with van der Waals surface area (Å²) in [7, 11) is 1.45. The number of pyridine rings is 1. The van der Waals surface area contributed by atoms with E-state index in [1.165, 1.54) is 43.9 Å². The normalized spacial score (nSPS) is 13.1. The van der Waals surface area contributed by atoms with Crippen molar-refractivity contribution in [2.24, 2.45) is 0 Å². The van der Waals surface area contributed by atoms with E-state index in [1.807, 2.05) is 4.90 Å². The number of benzene rings is 1. The Balaban J connectivity index is 1.50. The molecule has 1 saturated heterocycles. The number of aromatic nitrogens is 3. The Morgan fingerprint density at radius 1 is 1.29 bits per heavy atom. The van der Waals surface area contributed by atoms with Gasteiger partial charge in [0.25, 0.3) is 5.91 Å². The lowest BCUT2D eigenvalue weighted by Gasteiger charge is -2.16. The average molecular weight is 499 g/mol. The molecule has 2 N–H and O–H groups in total. The molecule has 9 nitrogen and oxygen atoms in total. The molecule has 1 fully saturated rings. The Morgan fingerprint density at radius 3 is 2.91 bits per heavy atom. The monoisotopic (exact) mass is 498 g/mol. The van der Waals surface area contributed by atoms with Crippen LogP contribution in [0.3, 0.4) is 0 Å². The predicted molar refractivity (Wildman–Crippen MR) is 129 cm³/mol. The number of likely N-dealkylation sites (tertiary alicyclic amines) is 1. The Hall–Kier alpha value is -3.79. The molecule has 2 aromatic heterocycles. The van der Waals surface area contributed by atoms with Crippen LogP contribution < -0.4 is 15.4 Å². The molecule has 0 radical (unpaired) electrons. The van der Waals surface area contributed by atoms with Crippen LogP contribution in [0.25, 0.3) is 11.4 Å². The summed E-state index contributed by atoms with van der Waals surface area (Å²) in [5.74, 6) is -0.0531. The van der Waals surface area contributed by atoms with E-state index in [0.717, 1.165) is 13.0 Å². The Labute approximate surface area is 206 Å². The number of hydrogen-bond donors (Lipinski definition) is 2. The van der Waals surface area contributed by atoms with Crippen LogP contribution in [0.2, 0.25) is 5.02 Å². The van der Waals surface area contributed by atoms with E-state index in [-0.39, 0.29) is 29.0 Å². The number of methoxy groups -OCH3 is 1. The third kappa shape index (κ3) is 5.83. The smallest absolute Gasteiger partial charge is 0.254 e. The minimum absolute atomic E-state index is 0.102. The van der Waals surface area contributed by atoms with E-state index in [9.17, 15) is 14.0 Å². The predicted octanol–water partition coefficient (Wildman–Crippen LogP) is 3.83. The minimum atomic E-state index is -0.523. The third-order valence-corrected chi connectivity index (χ3v) is 5.76. The number of nitrogens with zero attached hydrogens (tertiary/aromatic N) is 4. The van der Waals surface area contributed by atoms with Crippen LogP contribution in [-0.2, 0) is 4.79 Å². The first-order valence-corrected chi connectivity index (χ1v) is 11.5. The molecule has 4 rings (SSSR count). The molecular weight excluding hydrogens is 475 g/mol. The standard InChI is InChI=1S/C24H24ClFN6O3/c1-35-20-14-29-22(16-12-15(25)5-6-18(16)26)31-23(20)30-19-7-9-27-13-17(19)24(34)28-8-3-11-32-10-2-4-21(32)33/h5-7,9,12-14H,2-4,8,10-11H2,1H3,(H,28,34)(H,27,29,30,31). The SMILES string of the molecule is COc1cnc(-c2cc(Cl)ccc2F)nc1Nc1ccncc1C(=O)NCCCN1CCCC1=O. The molecule has 3 heterocycles. The van der Waals surface area contributed by atoms with Gasteiger partial charge < -0.3 is 20.3 Å². The highest BCUT2D eigenvalue weighted by Gasteiger charge is 2.20. The van der Waals surface area contributed by atoms with Crippen LogP contribution in [0, 0.1) is 5.82 Å². The summed E-state index contributed by atoms with van der Waals surface area (Å²) in [6, 6.07) is 5.74. The van der Waals surface area contributed by atoms with Crippen molar-refractivity contribution < 1.29 is 18.7 Å². The van der Waals surface area contributed by atoms with Gasteiger partial charge in [-0.15, -0.1) is 0 Å². The fourth-order valence-electron chi connectivity index (χ4n) is 3.73. The molecule has 0 saturated carbocycles. The van der Waals surface area contributed by atoms with Gasteiger partial charge in [-0.3, -0.25) is 14.6 Å². The van der Waals surface area contributed by atoms with Crippen LogP contribution in [0.5, 0.6) is 5.75 Å². The number of carbonyl (C=O) groups excluding carboxylic acids is 2. The summed E-state index contributed by atoms with van der Waals surface area (Å²) in [6.07, 6.45) is 6.50. The quantitative estimate of drug-likeness (QED) is 0.431. The lowest BCUT2D eigenvalue weighted by atomic mass is 10.2. The molecule has 0 unspecified atom stereocenters. The molecule has 1 aliphatic heterocycles. The van der Waals surface area contributed by atoms with Crippen LogP contribution in [-0.4, -0.2) is 58.4 Å². The van der Waals surface area contributed by atoms with Crippen LogP contribution >= 0.6 is 11.6 Å². The van der Waals surface area contributed by atoms with Crippen molar-refractivity contribution >= 4 is 34.9 Å². The fraction of sp³-hybridized carbons (Fsp3) is 0.292. The molecule has 0 aliphatic carbocycles. The second-order valence-corrected chi connectivity index (χ2v) is 8.31. The molecule has 0 spiro atoms. The van der Waals surface area contributed by atoms with Crippen LogP contribution in [0.4, 0.5) is 15.9 Å². The molecule has 0 atom stereocenters. The van der Waals surface area contributed by atoms with E-state index >= 15 is 0 Å². The van der Waals surface area contributed by atoms with Crippen molar-refractivity contribution in [2.75, 3.05) is 32.1 Å². The number of anilines is 2. The molecule has 182 valence electrons. The lowest BCUT2D eigenvalue weighted by Crippen LogP contribution is -2.31. The van der Waals surface area contributed by atoms with E-state index in [1.54, 1.807) is 6.07 Å². The third-order valence-electron chi connectivity index (χ3n) is 5.52. The Kier molecular flexibility index (Phi) is 7.71. The van der Waals surface area contributed by atoms with Crippen molar-refractivity contribution in [1.29, 1.82) is 0 Å². The van der Waals surface area contributed by atoms with Crippen molar-refractivity contribution in [2.45, 2.75) is 19.3 Å². The van der Waals surface area contributed by atoms with Crippen LogP contribution in [0.15, 0.2) is 42.9 Å². The van der Waals surface area contributed by atoms with E-state index < -0.39 is 5.82 Å².